The Morgan fingerprint density at radius 3 is 2.70 bits per heavy atom. The molecule has 6 rings (SSSR count). The number of hydrogen-bond acceptors (Lipinski definition) is 7. The maximum atomic E-state index is 13.2. The Kier molecular flexibility index (Phi) is 5.75. The van der Waals surface area contributed by atoms with E-state index in [0.29, 0.717) is 10.6 Å². The quantitative estimate of drug-likeness (QED) is 0.377. The van der Waals surface area contributed by atoms with Crippen LogP contribution < -0.4 is 0 Å². The molecule has 2 saturated heterocycles. The van der Waals surface area contributed by atoms with Crippen molar-refractivity contribution >= 4 is 35.2 Å². The van der Waals surface area contributed by atoms with Gasteiger partial charge in [0.1, 0.15) is 11.7 Å². The zero-order chi connectivity index (χ0) is 25.7. The second-order valence-electron chi connectivity index (χ2n) is 9.90. The molecule has 0 radical (unpaired) electrons. The minimum atomic E-state index is -0.870. The van der Waals surface area contributed by atoms with Gasteiger partial charge in [-0.2, -0.15) is 0 Å². The van der Waals surface area contributed by atoms with E-state index in [4.69, 9.17) is 4.98 Å². The number of fused-ring (bicyclic) bond motifs is 2. The first kappa shape index (κ1) is 23.4. The highest BCUT2D eigenvalue weighted by atomic mass is 16.7. The van der Waals surface area contributed by atoms with Gasteiger partial charge < -0.3 is 14.3 Å². The summed E-state index contributed by atoms with van der Waals surface area (Å²) in [5, 5.41) is 1.61. The number of aryl methyl sites for hydroxylation is 1. The number of nitrogens with zero attached hydrogens (tertiary/aromatic N) is 5. The zero-order valence-electron chi connectivity index (χ0n) is 20.6. The lowest BCUT2D eigenvalue weighted by atomic mass is 10.0. The van der Waals surface area contributed by atoms with Crippen molar-refractivity contribution in [2.24, 2.45) is 7.05 Å². The number of pyridine rings is 1. The first-order chi connectivity index (χ1) is 17.9. The molecule has 1 aromatic carbocycles. The lowest BCUT2D eigenvalue weighted by Crippen LogP contribution is -2.54. The van der Waals surface area contributed by atoms with E-state index < -0.39 is 17.9 Å². The summed E-state index contributed by atoms with van der Waals surface area (Å²) in [6.45, 7) is 3.34. The fraction of sp³-hybridized carbons (Fsp3) is 0.370. The third kappa shape index (κ3) is 3.97. The van der Waals surface area contributed by atoms with Crippen LogP contribution in [0.25, 0.3) is 22.3 Å². The van der Waals surface area contributed by atoms with Crippen molar-refractivity contribution in [3.8, 4) is 11.3 Å². The fourth-order valence-electron chi connectivity index (χ4n) is 5.70. The summed E-state index contributed by atoms with van der Waals surface area (Å²) in [5.41, 5.74) is 5.20. The number of hydrogen-bond donors (Lipinski definition) is 0. The van der Waals surface area contributed by atoms with Gasteiger partial charge in [-0.1, -0.05) is 6.07 Å². The Bertz CT molecular complexity index is 1440. The molecule has 0 N–H and O–H groups in total. The van der Waals surface area contributed by atoms with Gasteiger partial charge in [-0.05, 0) is 67.7 Å². The second-order valence-corrected chi connectivity index (χ2v) is 9.90. The van der Waals surface area contributed by atoms with Crippen molar-refractivity contribution in [3.63, 3.8) is 0 Å². The standard InChI is InChI=1S/C27H27N5O5/c1-29-11-8-20-19(14-30-9-2-3-10-30)13-22(28-25(20)29)17-4-5-21-18(12-17)15-31(26(21)35)23-6-7-24(34)32(27(23)36)37-16-33/h4-5,8,11-13,16,23H,2-3,6-7,9-10,14-15H2,1H3. The van der Waals surface area contributed by atoms with Gasteiger partial charge in [0, 0.05) is 49.3 Å². The molecular weight excluding hydrogens is 474 g/mol. The summed E-state index contributed by atoms with van der Waals surface area (Å²) < 4.78 is 2.02. The van der Waals surface area contributed by atoms with Crippen LogP contribution in [0.4, 0.5) is 0 Å². The van der Waals surface area contributed by atoms with Crippen molar-refractivity contribution in [2.45, 2.75) is 44.8 Å². The fourth-order valence-corrected chi connectivity index (χ4v) is 5.70. The topological polar surface area (TPSA) is 105 Å². The van der Waals surface area contributed by atoms with Crippen molar-refractivity contribution < 1.29 is 24.0 Å². The SMILES string of the molecule is Cn1ccc2c(CN3CCCC3)cc(-c3ccc4c(c3)CN(C3CCC(=O)N(OC=O)C3=O)C4=O)nc21. The third-order valence-corrected chi connectivity index (χ3v) is 7.62. The first-order valence-corrected chi connectivity index (χ1v) is 12.5. The van der Waals surface area contributed by atoms with Crippen LogP contribution in [0.2, 0.25) is 0 Å². The molecule has 3 aromatic rings. The highest BCUT2D eigenvalue weighted by molar-refractivity contribution is 6.05. The maximum Gasteiger partial charge on any atom is 0.321 e. The molecule has 0 spiro atoms. The molecule has 3 aliphatic heterocycles. The first-order valence-electron chi connectivity index (χ1n) is 12.5. The van der Waals surface area contributed by atoms with Gasteiger partial charge >= 0.3 is 6.47 Å². The molecule has 1 unspecified atom stereocenters. The van der Waals surface area contributed by atoms with Gasteiger partial charge in [-0.25, -0.2) is 4.98 Å². The predicted octanol–water partition coefficient (Wildman–Crippen LogP) is 2.40. The largest absolute Gasteiger partial charge is 0.336 e. The van der Waals surface area contributed by atoms with Crippen LogP contribution >= 0.6 is 0 Å². The van der Waals surface area contributed by atoms with E-state index in [1.807, 2.05) is 29.9 Å². The van der Waals surface area contributed by atoms with Crippen LogP contribution in [0, 0.1) is 0 Å². The molecule has 0 aliphatic carbocycles. The van der Waals surface area contributed by atoms with Crippen molar-refractivity contribution in [3.05, 3.63) is 53.2 Å². The molecule has 1 atom stereocenters. The molecule has 190 valence electrons. The molecule has 3 aliphatic rings. The number of aromatic nitrogens is 2. The monoisotopic (exact) mass is 501 g/mol. The summed E-state index contributed by atoms with van der Waals surface area (Å²) in [7, 11) is 1.99. The number of piperidine rings is 1. The molecule has 2 fully saturated rings. The van der Waals surface area contributed by atoms with E-state index >= 15 is 0 Å². The van der Waals surface area contributed by atoms with E-state index in [9.17, 15) is 19.2 Å². The van der Waals surface area contributed by atoms with Crippen LogP contribution in [0.3, 0.4) is 0 Å². The number of imide groups is 1. The molecule has 10 nitrogen and oxygen atoms in total. The van der Waals surface area contributed by atoms with Crippen LogP contribution in [-0.2, 0) is 39.4 Å². The second kappa shape index (κ2) is 9.11. The van der Waals surface area contributed by atoms with Crippen LogP contribution in [0.1, 0.15) is 47.2 Å². The molecular formula is C27H27N5O5. The Morgan fingerprint density at radius 1 is 1.11 bits per heavy atom. The molecule has 2 aromatic heterocycles. The minimum Gasteiger partial charge on any atom is -0.336 e. The predicted molar refractivity (Wildman–Crippen MR) is 133 cm³/mol. The highest BCUT2D eigenvalue weighted by Gasteiger charge is 2.44. The number of hydroxylamine groups is 2. The lowest BCUT2D eigenvalue weighted by molar-refractivity contribution is -0.200. The number of carbonyl (C=O) groups excluding carboxylic acids is 4. The summed E-state index contributed by atoms with van der Waals surface area (Å²) in [6.07, 6.45) is 4.67. The van der Waals surface area contributed by atoms with E-state index in [0.717, 1.165) is 47.5 Å². The number of rotatable bonds is 6. The average molecular weight is 502 g/mol. The van der Waals surface area contributed by atoms with Crippen LogP contribution in [0.5, 0.6) is 0 Å². The molecule has 37 heavy (non-hydrogen) atoms. The molecule has 0 saturated carbocycles. The Balaban J connectivity index is 1.31. The van der Waals surface area contributed by atoms with E-state index in [-0.39, 0.29) is 31.8 Å². The highest BCUT2D eigenvalue weighted by Crippen LogP contribution is 2.33. The van der Waals surface area contributed by atoms with Gasteiger partial charge in [0.2, 0.25) is 0 Å². The summed E-state index contributed by atoms with van der Waals surface area (Å²) in [4.78, 5) is 62.2. The molecule has 10 heteroatoms. The van der Waals surface area contributed by atoms with Gasteiger partial charge in [0.15, 0.2) is 0 Å². The van der Waals surface area contributed by atoms with Gasteiger partial charge in [0.25, 0.3) is 17.7 Å². The Morgan fingerprint density at radius 2 is 1.92 bits per heavy atom. The van der Waals surface area contributed by atoms with Crippen molar-refractivity contribution in [2.75, 3.05) is 13.1 Å². The maximum absolute atomic E-state index is 13.2. The third-order valence-electron chi connectivity index (χ3n) is 7.62. The lowest BCUT2D eigenvalue weighted by Gasteiger charge is -2.33. The van der Waals surface area contributed by atoms with E-state index in [2.05, 4.69) is 21.9 Å². The normalized spacial score (nSPS) is 20.2. The summed E-state index contributed by atoms with van der Waals surface area (Å²) in [5.74, 6) is -1.57. The summed E-state index contributed by atoms with van der Waals surface area (Å²) in [6, 6.07) is 9.02. The number of carbonyl (C=O) groups is 4. The van der Waals surface area contributed by atoms with E-state index in [1.165, 1.54) is 23.3 Å². The van der Waals surface area contributed by atoms with Crippen molar-refractivity contribution in [1.82, 2.24) is 24.4 Å². The Hall–Kier alpha value is -4.05. The number of amides is 3. The van der Waals surface area contributed by atoms with Crippen LogP contribution in [0.15, 0.2) is 36.5 Å². The minimum absolute atomic E-state index is 0.00994. The Labute approximate surface area is 213 Å². The van der Waals surface area contributed by atoms with Crippen LogP contribution in [-0.4, -0.2) is 67.7 Å². The van der Waals surface area contributed by atoms with Crippen molar-refractivity contribution in [1.29, 1.82) is 0 Å². The van der Waals surface area contributed by atoms with E-state index in [1.54, 1.807) is 6.07 Å². The molecule has 5 heterocycles. The molecule has 3 amide bonds. The van der Waals surface area contributed by atoms with Gasteiger partial charge in [-0.15, -0.1) is 5.06 Å². The van der Waals surface area contributed by atoms with Gasteiger partial charge in [-0.3, -0.25) is 24.1 Å². The van der Waals surface area contributed by atoms with Gasteiger partial charge in [0.05, 0.1) is 5.69 Å². The number of likely N-dealkylation sites (tertiary alicyclic amines) is 1. The zero-order valence-corrected chi connectivity index (χ0v) is 20.6. The smallest absolute Gasteiger partial charge is 0.321 e. The summed E-state index contributed by atoms with van der Waals surface area (Å²) >= 11 is 0. The molecule has 0 bridgehead atoms. The average Bonchev–Trinajstić information content (AvgIpc) is 3.62. The number of benzene rings is 1.